The number of hydrogen-bond donors (Lipinski definition) is 4. The van der Waals surface area contributed by atoms with Gasteiger partial charge in [0.05, 0.1) is 12.5 Å². The summed E-state index contributed by atoms with van der Waals surface area (Å²) in [5.41, 5.74) is 4.55. The normalized spacial score (nSPS) is 15.0. The van der Waals surface area contributed by atoms with E-state index in [1.54, 1.807) is 20.8 Å². The molecule has 0 bridgehead atoms. The maximum atomic E-state index is 12.0. The lowest BCUT2D eigenvalue weighted by molar-refractivity contribution is -0.161. The molecule has 9 heteroatoms. The summed E-state index contributed by atoms with van der Waals surface area (Å²) in [6.07, 6.45) is -0.630. The molecule has 5 N–H and O–H groups in total. The Morgan fingerprint density at radius 2 is 1.61 bits per heavy atom. The van der Waals surface area contributed by atoms with Crippen LogP contribution in [0.2, 0.25) is 0 Å². The number of ether oxygens (including phenoxy) is 1. The van der Waals surface area contributed by atoms with Crippen molar-refractivity contribution in [2.45, 2.75) is 64.8 Å². The third-order valence-electron chi connectivity index (χ3n) is 2.55. The van der Waals surface area contributed by atoms with E-state index < -0.39 is 53.9 Å². The Morgan fingerprint density at radius 1 is 1.09 bits per heavy atom. The van der Waals surface area contributed by atoms with E-state index in [9.17, 15) is 19.2 Å². The van der Waals surface area contributed by atoms with Crippen LogP contribution in [0.25, 0.3) is 0 Å². The number of nitrogens with two attached hydrogens (primary N) is 1. The molecule has 0 saturated carbocycles. The smallest absolute Gasteiger partial charge is 0.329 e. The second kappa shape index (κ2) is 8.47. The first kappa shape index (κ1) is 20.8. The highest BCUT2D eigenvalue weighted by Gasteiger charge is 2.30. The lowest BCUT2D eigenvalue weighted by Gasteiger charge is -2.25. The summed E-state index contributed by atoms with van der Waals surface area (Å²) in [5, 5.41) is 13.5. The molecule has 0 aliphatic rings. The minimum absolute atomic E-state index is 0.542. The monoisotopic (exact) mass is 331 g/mol. The molecule has 0 saturated heterocycles. The van der Waals surface area contributed by atoms with Crippen molar-refractivity contribution in [2.75, 3.05) is 0 Å². The molecule has 2 amide bonds. The molecule has 3 atom stereocenters. The third-order valence-corrected chi connectivity index (χ3v) is 2.55. The van der Waals surface area contributed by atoms with Crippen LogP contribution in [-0.4, -0.2) is 52.6 Å². The molecular formula is C14H25N3O6. The number of amides is 2. The number of carbonyl (C=O) groups excluding carboxylic acids is 3. The molecule has 0 fully saturated rings. The van der Waals surface area contributed by atoms with Gasteiger partial charge in [-0.3, -0.25) is 14.4 Å². The summed E-state index contributed by atoms with van der Waals surface area (Å²) < 4.78 is 5.08. The van der Waals surface area contributed by atoms with Crippen LogP contribution in [0.5, 0.6) is 0 Å². The van der Waals surface area contributed by atoms with E-state index in [4.69, 9.17) is 15.6 Å². The summed E-state index contributed by atoms with van der Waals surface area (Å²) in [7, 11) is 0. The van der Waals surface area contributed by atoms with Crippen LogP contribution < -0.4 is 16.4 Å². The minimum atomic E-state index is -1.35. The van der Waals surface area contributed by atoms with Gasteiger partial charge in [0.1, 0.15) is 17.7 Å². The predicted octanol–water partition coefficient (Wildman–Crippen LogP) is -0.860. The van der Waals surface area contributed by atoms with Gasteiger partial charge in [0.2, 0.25) is 11.8 Å². The van der Waals surface area contributed by atoms with Gasteiger partial charge < -0.3 is 26.2 Å². The molecule has 0 unspecified atom stereocenters. The summed E-state index contributed by atoms with van der Waals surface area (Å²) in [4.78, 5) is 46.3. The second-order valence-electron chi connectivity index (χ2n) is 6.21. The van der Waals surface area contributed by atoms with Crippen LogP contribution in [0.15, 0.2) is 0 Å². The number of aliphatic carboxylic acids is 1. The fourth-order valence-corrected chi connectivity index (χ4v) is 1.45. The fraction of sp³-hybridized carbons (Fsp3) is 0.714. The summed E-state index contributed by atoms with van der Waals surface area (Å²) in [6, 6.07) is -3.13. The van der Waals surface area contributed by atoms with Crippen LogP contribution in [-0.2, 0) is 23.9 Å². The van der Waals surface area contributed by atoms with E-state index in [-0.39, 0.29) is 0 Å². The molecule has 0 aliphatic carbocycles. The average molecular weight is 331 g/mol. The van der Waals surface area contributed by atoms with Crippen molar-refractivity contribution in [3.05, 3.63) is 0 Å². The standard InChI is InChI=1S/C14H25N3O6/c1-7(15)11(20)16-8(2)12(21)17-9(6-10(18)19)13(22)23-14(3,4)5/h7-9H,6,15H2,1-5H3,(H,16,20)(H,17,21)(H,18,19)/t7-,8-,9-/m0/s1. The molecule has 0 aliphatic heterocycles. The molecule has 0 aromatic carbocycles. The van der Waals surface area contributed by atoms with E-state index in [0.29, 0.717) is 0 Å². The van der Waals surface area contributed by atoms with Gasteiger partial charge in [-0.25, -0.2) is 4.79 Å². The van der Waals surface area contributed by atoms with Crippen LogP contribution in [0.4, 0.5) is 0 Å². The van der Waals surface area contributed by atoms with E-state index in [1.807, 2.05) is 0 Å². The molecule has 132 valence electrons. The van der Waals surface area contributed by atoms with Crippen molar-refractivity contribution in [3.63, 3.8) is 0 Å². The first-order chi connectivity index (χ1) is 10.3. The van der Waals surface area contributed by atoms with Gasteiger partial charge in [0, 0.05) is 0 Å². The number of carboxylic acid groups (broad SMARTS) is 1. The van der Waals surface area contributed by atoms with Crippen LogP contribution >= 0.6 is 0 Å². The lowest BCUT2D eigenvalue weighted by Crippen LogP contribution is -2.53. The Bertz CT molecular complexity index is 470. The predicted molar refractivity (Wildman–Crippen MR) is 81.3 cm³/mol. The number of rotatable bonds is 7. The SMILES string of the molecule is C[C@H](N)C(=O)N[C@@H](C)C(=O)N[C@@H](CC(=O)O)C(=O)OC(C)(C)C. The second-order valence-corrected chi connectivity index (χ2v) is 6.21. The van der Waals surface area contributed by atoms with Gasteiger partial charge in [-0.05, 0) is 34.6 Å². The molecule has 9 nitrogen and oxygen atoms in total. The highest BCUT2D eigenvalue weighted by Crippen LogP contribution is 2.10. The third kappa shape index (κ3) is 8.77. The van der Waals surface area contributed by atoms with Gasteiger partial charge in [-0.2, -0.15) is 0 Å². The molecule has 0 aromatic rings. The lowest BCUT2D eigenvalue weighted by atomic mass is 10.1. The van der Waals surface area contributed by atoms with Crippen LogP contribution in [0, 0.1) is 0 Å². The van der Waals surface area contributed by atoms with Gasteiger partial charge in [0.25, 0.3) is 0 Å². The highest BCUT2D eigenvalue weighted by molar-refractivity contribution is 5.92. The van der Waals surface area contributed by atoms with Crippen molar-refractivity contribution in [1.82, 2.24) is 10.6 Å². The Labute approximate surface area is 134 Å². The molecular weight excluding hydrogens is 306 g/mol. The highest BCUT2D eigenvalue weighted by atomic mass is 16.6. The Kier molecular flexibility index (Phi) is 7.67. The van der Waals surface area contributed by atoms with E-state index in [1.165, 1.54) is 13.8 Å². The zero-order chi connectivity index (χ0) is 18.4. The maximum Gasteiger partial charge on any atom is 0.329 e. The van der Waals surface area contributed by atoms with Crippen molar-refractivity contribution in [1.29, 1.82) is 0 Å². The number of nitrogens with one attached hydrogen (secondary N) is 2. The topological polar surface area (TPSA) is 148 Å². The zero-order valence-electron chi connectivity index (χ0n) is 14.0. The summed E-state index contributed by atoms with van der Waals surface area (Å²) in [5.74, 6) is -3.39. The molecule has 0 heterocycles. The van der Waals surface area contributed by atoms with Crippen molar-refractivity contribution in [3.8, 4) is 0 Å². The molecule has 0 spiro atoms. The largest absolute Gasteiger partial charge is 0.481 e. The minimum Gasteiger partial charge on any atom is -0.481 e. The zero-order valence-corrected chi connectivity index (χ0v) is 14.0. The number of carboxylic acids is 1. The Morgan fingerprint density at radius 3 is 2.00 bits per heavy atom. The summed E-state index contributed by atoms with van der Waals surface area (Å²) >= 11 is 0. The van der Waals surface area contributed by atoms with Gasteiger partial charge in [-0.1, -0.05) is 0 Å². The summed E-state index contributed by atoms with van der Waals surface area (Å²) in [6.45, 7) is 7.71. The molecule has 0 aromatic heterocycles. The first-order valence-electron chi connectivity index (χ1n) is 7.14. The van der Waals surface area contributed by atoms with Gasteiger partial charge in [-0.15, -0.1) is 0 Å². The van der Waals surface area contributed by atoms with Crippen LogP contribution in [0.3, 0.4) is 0 Å². The number of hydrogen-bond acceptors (Lipinski definition) is 6. The van der Waals surface area contributed by atoms with Crippen molar-refractivity contribution >= 4 is 23.8 Å². The van der Waals surface area contributed by atoms with Gasteiger partial charge >= 0.3 is 11.9 Å². The molecule has 0 radical (unpaired) electrons. The van der Waals surface area contributed by atoms with E-state index >= 15 is 0 Å². The number of carbonyl (C=O) groups is 4. The Hall–Kier alpha value is -2.16. The Balaban J connectivity index is 4.88. The quantitative estimate of drug-likeness (QED) is 0.444. The van der Waals surface area contributed by atoms with Crippen molar-refractivity contribution in [2.24, 2.45) is 5.73 Å². The molecule has 23 heavy (non-hydrogen) atoms. The average Bonchev–Trinajstić information content (AvgIpc) is 2.34. The fourth-order valence-electron chi connectivity index (χ4n) is 1.45. The van der Waals surface area contributed by atoms with Crippen LogP contribution in [0.1, 0.15) is 41.0 Å². The van der Waals surface area contributed by atoms with E-state index in [2.05, 4.69) is 10.6 Å². The maximum absolute atomic E-state index is 12.0. The first-order valence-corrected chi connectivity index (χ1v) is 7.14. The van der Waals surface area contributed by atoms with Crippen molar-refractivity contribution < 1.29 is 29.0 Å². The number of esters is 1. The van der Waals surface area contributed by atoms with Gasteiger partial charge in [0.15, 0.2) is 0 Å². The molecule has 0 rings (SSSR count). The van der Waals surface area contributed by atoms with E-state index in [0.717, 1.165) is 0 Å².